The summed E-state index contributed by atoms with van der Waals surface area (Å²) in [6.07, 6.45) is 1.15. The van der Waals surface area contributed by atoms with Gasteiger partial charge in [-0.05, 0) is 11.3 Å². The van der Waals surface area contributed by atoms with Crippen molar-refractivity contribution in [1.82, 2.24) is 25.6 Å². The second-order valence-corrected chi connectivity index (χ2v) is 5.82. The Bertz CT molecular complexity index is 1100. The summed E-state index contributed by atoms with van der Waals surface area (Å²) in [5, 5.41) is 26.8. The van der Waals surface area contributed by atoms with Gasteiger partial charge < -0.3 is 9.47 Å². The minimum atomic E-state index is -0.574. The van der Waals surface area contributed by atoms with E-state index in [0.717, 1.165) is 16.6 Å². The monoisotopic (exact) mass is 395 g/mol. The number of rotatable bonds is 6. The number of amides is 1. The lowest BCUT2D eigenvalue weighted by Crippen LogP contribution is -2.24. The van der Waals surface area contributed by atoms with Crippen LogP contribution in [0.15, 0.2) is 47.6 Å². The summed E-state index contributed by atoms with van der Waals surface area (Å²) in [6.45, 7) is -0.236. The van der Waals surface area contributed by atoms with E-state index in [1.807, 2.05) is 30.3 Å². The molecule has 1 aliphatic heterocycles. The number of benzene rings is 2. The zero-order valence-electron chi connectivity index (χ0n) is 14.8. The number of hydrogen-bond donors (Lipinski definition) is 1. The fourth-order valence-corrected chi connectivity index (χ4v) is 2.56. The van der Waals surface area contributed by atoms with Crippen LogP contribution in [-0.4, -0.2) is 44.0 Å². The number of hydrazone groups is 1. The average molecular weight is 395 g/mol. The van der Waals surface area contributed by atoms with E-state index in [0.29, 0.717) is 11.6 Å². The molecule has 0 atom stereocenters. The van der Waals surface area contributed by atoms with Crippen molar-refractivity contribution in [3.63, 3.8) is 0 Å². The van der Waals surface area contributed by atoms with Crippen LogP contribution in [0.4, 0.5) is 5.69 Å². The third-order valence-electron chi connectivity index (χ3n) is 3.88. The van der Waals surface area contributed by atoms with Crippen molar-refractivity contribution < 1.29 is 19.2 Å². The molecule has 0 unspecified atom stereocenters. The Balaban J connectivity index is 1.41. The number of nitrogens with one attached hydrogen (secondary N) is 1. The highest BCUT2D eigenvalue weighted by atomic mass is 16.7. The molecule has 0 aliphatic carbocycles. The summed E-state index contributed by atoms with van der Waals surface area (Å²) in [6, 6.07) is 11.9. The molecule has 29 heavy (non-hydrogen) atoms. The maximum Gasteiger partial charge on any atom is 0.282 e. The van der Waals surface area contributed by atoms with Crippen LogP contribution in [0.25, 0.3) is 11.4 Å². The SMILES string of the molecule is O=C(Cn1nnc(-c2ccccc2)n1)NN=Cc1cc2c(cc1[N+](=O)[O-])OCO2. The Labute approximate surface area is 162 Å². The molecule has 0 bridgehead atoms. The van der Waals surface area contributed by atoms with E-state index < -0.39 is 10.8 Å². The van der Waals surface area contributed by atoms with Gasteiger partial charge in [0.2, 0.25) is 12.6 Å². The van der Waals surface area contributed by atoms with Crippen molar-refractivity contribution in [2.75, 3.05) is 6.79 Å². The van der Waals surface area contributed by atoms with E-state index in [4.69, 9.17) is 9.47 Å². The lowest BCUT2D eigenvalue weighted by Gasteiger charge is -2.01. The molecule has 12 nitrogen and oxygen atoms in total. The third kappa shape index (κ3) is 4.00. The van der Waals surface area contributed by atoms with Crippen molar-refractivity contribution in [1.29, 1.82) is 0 Å². The lowest BCUT2D eigenvalue weighted by atomic mass is 10.1. The third-order valence-corrected chi connectivity index (χ3v) is 3.88. The highest BCUT2D eigenvalue weighted by Crippen LogP contribution is 2.37. The Morgan fingerprint density at radius 2 is 2.03 bits per heavy atom. The van der Waals surface area contributed by atoms with Gasteiger partial charge in [-0.3, -0.25) is 14.9 Å². The topological polar surface area (TPSA) is 147 Å². The summed E-state index contributed by atoms with van der Waals surface area (Å²) in [7, 11) is 0. The largest absolute Gasteiger partial charge is 0.454 e. The van der Waals surface area contributed by atoms with Crippen LogP contribution < -0.4 is 14.9 Å². The number of carbonyl (C=O) groups excluding carboxylic acids is 1. The number of nitro benzene ring substituents is 1. The Hall–Kier alpha value is -4.35. The van der Waals surface area contributed by atoms with Crippen LogP contribution in [0.1, 0.15) is 5.56 Å². The molecule has 146 valence electrons. The molecule has 2 aromatic carbocycles. The van der Waals surface area contributed by atoms with Gasteiger partial charge in [-0.1, -0.05) is 30.3 Å². The first kappa shape index (κ1) is 18.0. The molecule has 4 rings (SSSR count). The first-order chi connectivity index (χ1) is 14.1. The molecule has 12 heteroatoms. The normalized spacial score (nSPS) is 12.3. The maximum atomic E-state index is 12.0. The second kappa shape index (κ2) is 7.72. The summed E-state index contributed by atoms with van der Waals surface area (Å²) < 4.78 is 10.3. The fourth-order valence-electron chi connectivity index (χ4n) is 2.56. The molecule has 0 saturated carbocycles. The summed E-state index contributed by atoms with van der Waals surface area (Å²) in [5.41, 5.74) is 2.97. The van der Waals surface area contributed by atoms with Gasteiger partial charge in [0.25, 0.3) is 11.6 Å². The van der Waals surface area contributed by atoms with Gasteiger partial charge in [-0.25, -0.2) is 5.43 Å². The Morgan fingerprint density at radius 1 is 1.28 bits per heavy atom. The molecule has 0 radical (unpaired) electrons. The van der Waals surface area contributed by atoms with E-state index in [9.17, 15) is 14.9 Å². The number of nitro groups is 1. The van der Waals surface area contributed by atoms with Gasteiger partial charge >= 0.3 is 0 Å². The van der Waals surface area contributed by atoms with Crippen molar-refractivity contribution in [2.24, 2.45) is 5.10 Å². The predicted molar refractivity (Wildman–Crippen MR) is 98.2 cm³/mol. The van der Waals surface area contributed by atoms with Crippen molar-refractivity contribution in [3.05, 3.63) is 58.1 Å². The maximum absolute atomic E-state index is 12.0. The van der Waals surface area contributed by atoms with Crippen LogP contribution in [0.5, 0.6) is 11.5 Å². The molecule has 0 fully saturated rings. The van der Waals surface area contributed by atoms with E-state index in [-0.39, 0.29) is 30.3 Å². The summed E-state index contributed by atoms with van der Waals surface area (Å²) >= 11 is 0. The minimum Gasteiger partial charge on any atom is -0.454 e. The van der Waals surface area contributed by atoms with Gasteiger partial charge in [0, 0.05) is 5.56 Å². The first-order valence-corrected chi connectivity index (χ1v) is 8.33. The standard InChI is InChI=1S/C17H13N7O5/c25-16(9-23-21-17(20-22-23)11-4-2-1-3-5-11)19-18-8-12-6-14-15(29-10-28-14)7-13(12)24(26)27/h1-8H,9-10H2,(H,19,25). The van der Waals surface area contributed by atoms with E-state index in [1.165, 1.54) is 12.1 Å². The van der Waals surface area contributed by atoms with Crippen LogP contribution >= 0.6 is 0 Å². The molecule has 3 aromatic rings. The van der Waals surface area contributed by atoms with E-state index in [1.54, 1.807) is 0 Å². The molecule has 2 heterocycles. The first-order valence-electron chi connectivity index (χ1n) is 8.33. The molecule has 0 spiro atoms. The Kier molecular flexibility index (Phi) is 4.80. The number of ether oxygens (including phenoxy) is 2. The average Bonchev–Trinajstić information content (AvgIpc) is 3.37. The number of tetrazole rings is 1. The number of aromatic nitrogens is 4. The van der Waals surface area contributed by atoms with Gasteiger partial charge in [-0.2, -0.15) is 9.90 Å². The molecule has 1 aromatic heterocycles. The highest BCUT2D eigenvalue weighted by Gasteiger charge is 2.22. The van der Waals surface area contributed by atoms with Gasteiger partial charge in [0.1, 0.15) is 6.54 Å². The molecule has 0 saturated heterocycles. The highest BCUT2D eigenvalue weighted by molar-refractivity contribution is 5.88. The summed E-state index contributed by atoms with van der Waals surface area (Å²) in [4.78, 5) is 23.8. The van der Waals surface area contributed by atoms with Gasteiger partial charge in [0.15, 0.2) is 11.5 Å². The quantitative estimate of drug-likeness (QED) is 0.371. The van der Waals surface area contributed by atoms with Crippen LogP contribution in [0.2, 0.25) is 0 Å². The fraction of sp³-hybridized carbons (Fsp3) is 0.118. The zero-order chi connectivity index (χ0) is 20.2. The number of carbonyl (C=O) groups is 1. The Morgan fingerprint density at radius 3 is 2.79 bits per heavy atom. The van der Waals surface area contributed by atoms with Crippen molar-refractivity contribution >= 4 is 17.8 Å². The molecule has 1 N–H and O–H groups in total. The lowest BCUT2D eigenvalue weighted by molar-refractivity contribution is -0.385. The zero-order valence-corrected chi connectivity index (χ0v) is 14.8. The smallest absolute Gasteiger partial charge is 0.282 e. The number of fused-ring (bicyclic) bond motifs is 1. The number of hydrogen-bond acceptors (Lipinski definition) is 9. The van der Waals surface area contributed by atoms with Gasteiger partial charge in [-0.15, -0.1) is 10.2 Å². The van der Waals surface area contributed by atoms with E-state index in [2.05, 4.69) is 25.9 Å². The van der Waals surface area contributed by atoms with Gasteiger partial charge in [0.05, 0.1) is 22.8 Å². The van der Waals surface area contributed by atoms with Crippen molar-refractivity contribution in [2.45, 2.75) is 6.54 Å². The van der Waals surface area contributed by atoms with Crippen LogP contribution in [-0.2, 0) is 11.3 Å². The molecule has 1 amide bonds. The van der Waals surface area contributed by atoms with Crippen molar-refractivity contribution in [3.8, 4) is 22.9 Å². The van der Waals surface area contributed by atoms with Crippen LogP contribution in [0.3, 0.4) is 0 Å². The predicted octanol–water partition coefficient (Wildman–Crippen LogP) is 1.13. The van der Waals surface area contributed by atoms with Crippen LogP contribution in [0, 0.1) is 10.1 Å². The summed E-state index contributed by atoms with van der Waals surface area (Å²) in [5.74, 6) is 0.507. The second-order valence-electron chi connectivity index (χ2n) is 5.82. The van der Waals surface area contributed by atoms with E-state index >= 15 is 0 Å². The molecule has 1 aliphatic rings. The molecular weight excluding hydrogens is 382 g/mol. The molecular formula is C17H13N7O5. The minimum absolute atomic E-state index is 0.0142. The number of nitrogens with zero attached hydrogens (tertiary/aromatic N) is 6.